The fourth-order valence-corrected chi connectivity index (χ4v) is 2.54. The molecule has 1 aliphatic carbocycles. The fourth-order valence-electron chi connectivity index (χ4n) is 2.54. The Hall–Kier alpha value is -1.17. The highest BCUT2D eigenvalue weighted by Gasteiger charge is 2.57. The molecule has 100 valence electrons. The van der Waals surface area contributed by atoms with Gasteiger partial charge in [-0.05, 0) is 19.9 Å². The van der Waals surface area contributed by atoms with E-state index in [4.69, 9.17) is 9.47 Å². The van der Waals surface area contributed by atoms with Crippen LogP contribution in [0, 0.1) is 0 Å². The second-order valence-electron chi connectivity index (χ2n) is 5.22. The second kappa shape index (κ2) is 3.44. The molecule has 0 bridgehead atoms. The number of rotatable bonds is 1. The normalized spacial score (nSPS) is 33.1. The maximum absolute atomic E-state index is 12.2. The molecule has 3 rings (SSSR count). The molecule has 2 atom stereocenters. The zero-order valence-electron chi connectivity index (χ0n) is 10.0. The van der Waals surface area contributed by atoms with Crippen LogP contribution in [0.4, 0.5) is 13.2 Å². The molecule has 18 heavy (non-hydrogen) atoms. The number of hydrogen-bond donors (Lipinski definition) is 0. The van der Waals surface area contributed by atoms with Gasteiger partial charge in [0.15, 0.2) is 0 Å². The minimum atomic E-state index is -4.64. The van der Waals surface area contributed by atoms with E-state index >= 15 is 0 Å². The number of fused-ring (bicyclic) bond motifs is 2. The van der Waals surface area contributed by atoms with Gasteiger partial charge in [-0.15, -0.1) is 13.2 Å². The Balaban J connectivity index is 1.84. The van der Waals surface area contributed by atoms with Gasteiger partial charge in [0.25, 0.3) is 0 Å². The summed E-state index contributed by atoms with van der Waals surface area (Å²) in [6.45, 7) is 3.85. The van der Waals surface area contributed by atoms with Crippen molar-refractivity contribution in [3.8, 4) is 0 Å². The standard InChI is InChI=1S/C12H13F3O3/c1-11(2)10-9(16-10)7-5-6(17-12(13,14)15)3-4-8(7)18-11/h5,9-10H,3-4H2,1-2H3. The lowest BCUT2D eigenvalue weighted by Crippen LogP contribution is -2.37. The molecule has 2 unspecified atom stereocenters. The van der Waals surface area contributed by atoms with Gasteiger partial charge in [-0.25, -0.2) is 0 Å². The molecule has 1 fully saturated rings. The summed E-state index contributed by atoms with van der Waals surface area (Å²) in [6, 6.07) is 0. The van der Waals surface area contributed by atoms with Crippen LogP contribution in [0.1, 0.15) is 26.7 Å². The topological polar surface area (TPSA) is 31.0 Å². The van der Waals surface area contributed by atoms with Crippen LogP contribution < -0.4 is 0 Å². The molecule has 0 saturated carbocycles. The first kappa shape index (κ1) is 11.9. The van der Waals surface area contributed by atoms with Crippen LogP contribution in [-0.4, -0.2) is 24.2 Å². The van der Waals surface area contributed by atoms with Crippen molar-refractivity contribution in [3.05, 3.63) is 23.2 Å². The van der Waals surface area contributed by atoms with Gasteiger partial charge < -0.3 is 14.2 Å². The quantitative estimate of drug-likeness (QED) is 0.680. The molecule has 1 saturated heterocycles. The van der Waals surface area contributed by atoms with Crippen LogP contribution in [0.2, 0.25) is 0 Å². The number of ether oxygens (including phenoxy) is 3. The lowest BCUT2D eigenvalue weighted by atomic mass is 9.90. The second-order valence-corrected chi connectivity index (χ2v) is 5.22. The van der Waals surface area contributed by atoms with Crippen LogP contribution >= 0.6 is 0 Å². The van der Waals surface area contributed by atoms with Crippen molar-refractivity contribution < 1.29 is 27.4 Å². The number of hydrogen-bond acceptors (Lipinski definition) is 3. The van der Waals surface area contributed by atoms with Gasteiger partial charge in [0, 0.05) is 18.4 Å². The van der Waals surface area contributed by atoms with Crippen LogP contribution in [-0.2, 0) is 14.2 Å². The van der Waals surface area contributed by atoms with Crippen molar-refractivity contribution in [1.29, 1.82) is 0 Å². The summed E-state index contributed by atoms with van der Waals surface area (Å²) in [5, 5.41) is 0. The Morgan fingerprint density at radius 1 is 1.33 bits per heavy atom. The molecule has 0 aromatic rings. The van der Waals surface area contributed by atoms with E-state index in [-0.39, 0.29) is 24.4 Å². The molecule has 0 spiro atoms. The minimum absolute atomic E-state index is 0.0705. The lowest BCUT2D eigenvalue weighted by Gasteiger charge is -2.33. The van der Waals surface area contributed by atoms with Crippen LogP contribution in [0.25, 0.3) is 0 Å². The number of halogens is 3. The van der Waals surface area contributed by atoms with Crippen LogP contribution in [0.15, 0.2) is 23.2 Å². The monoisotopic (exact) mass is 262 g/mol. The summed E-state index contributed by atoms with van der Waals surface area (Å²) >= 11 is 0. The third-order valence-electron chi connectivity index (χ3n) is 3.35. The van der Waals surface area contributed by atoms with Crippen molar-refractivity contribution in [3.63, 3.8) is 0 Å². The van der Waals surface area contributed by atoms with Crippen molar-refractivity contribution in [2.45, 2.75) is 50.9 Å². The smallest absolute Gasteiger partial charge is 0.489 e. The van der Waals surface area contributed by atoms with Crippen molar-refractivity contribution in [2.24, 2.45) is 0 Å². The zero-order chi connectivity index (χ0) is 13.1. The van der Waals surface area contributed by atoms with Gasteiger partial charge >= 0.3 is 6.36 Å². The van der Waals surface area contributed by atoms with Crippen molar-refractivity contribution >= 4 is 0 Å². The van der Waals surface area contributed by atoms with E-state index in [1.165, 1.54) is 6.08 Å². The molecule has 0 aromatic heterocycles. The number of epoxide rings is 1. The Morgan fingerprint density at radius 3 is 2.72 bits per heavy atom. The van der Waals surface area contributed by atoms with Gasteiger partial charge in [0.1, 0.15) is 29.3 Å². The Kier molecular flexibility index (Phi) is 2.27. The Labute approximate surface area is 102 Å². The van der Waals surface area contributed by atoms with Gasteiger partial charge in [-0.1, -0.05) is 0 Å². The maximum atomic E-state index is 12.2. The van der Waals surface area contributed by atoms with E-state index in [9.17, 15) is 13.2 Å². The minimum Gasteiger partial charge on any atom is -0.489 e. The van der Waals surface area contributed by atoms with E-state index in [0.717, 1.165) is 5.76 Å². The predicted octanol–water partition coefficient (Wildman–Crippen LogP) is 3.03. The molecular weight excluding hydrogens is 249 g/mol. The predicted molar refractivity (Wildman–Crippen MR) is 55.3 cm³/mol. The summed E-state index contributed by atoms with van der Waals surface area (Å²) in [5.41, 5.74) is 0.296. The summed E-state index contributed by atoms with van der Waals surface area (Å²) < 4.78 is 51.7. The highest BCUT2D eigenvalue weighted by molar-refractivity contribution is 5.39. The maximum Gasteiger partial charge on any atom is 0.572 e. The van der Waals surface area contributed by atoms with E-state index in [2.05, 4.69) is 4.74 Å². The fraction of sp³-hybridized carbons (Fsp3) is 0.667. The highest BCUT2D eigenvalue weighted by Crippen LogP contribution is 2.49. The highest BCUT2D eigenvalue weighted by atomic mass is 19.4. The van der Waals surface area contributed by atoms with E-state index in [1.54, 1.807) is 0 Å². The molecule has 3 nitrogen and oxygen atoms in total. The number of alkyl halides is 3. The van der Waals surface area contributed by atoms with Gasteiger partial charge in [-0.3, -0.25) is 0 Å². The Bertz CT molecular complexity index is 448. The Morgan fingerprint density at radius 2 is 2.06 bits per heavy atom. The van der Waals surface area contributed by atoms with Gasteiger partial charge in [0.05, 0.1) is 0 Å². The molecule has 0 radical (unpaired) electrons. The van der Waals surface area contributed by atoms with E-state index in [0.29, 0.717) is 12.0 Å². The summed E-state index contributed by atoms with van der Waals surface area (Å²) in [6.07, 6.45) is -2.82. The zero-order valence-corrected chi connectivity index (χ0v) is 10.0. The van der Waals surface area contributed by atoms with Gasteiger partial charge in [-0.2, -0.15) is 0 Å². The lowest BCUT2D eigenvalue weighted by molar-refractivity contribution is -0.306. The van der Waals surface area contributed by atoms with Gasteiger partial charge in [0.2, 0.25) is 0 Å². The molecule has 6 heteroatoms. The molecule has 2 aliphatic heterocycles. The van der Waals surface area contributed by atoms with E-state index < -0.39 is 12.0 Å². The largest absolute Gasteiger partial charge is 0.572 e. The molecule has 3 aliphatic rings. The SMILES string of the molecule is CC1(C)OC2=C(C=C(OC(F)(F)F)CC2)C2OC21. The first-order valence-corrected chi connectivity index (χ1v) is 5.80. The van der Waals surface area contributed by atoms with Crippen LogP contribution in [0.5, 0.6) is 0 Å². The van der Waals surface area contributed by atoms with Crippen molar-refractivity contribution in [1.82, 2.24) is 0 Å². The first-order valence-electron chi connectivity index (χ1n) is 5.80. The molecular formula is C12H13F3O3. The number of allylic oxidation sites excluding steroid dienone is 2. The van der Waals surface area contributed by atoms with Crippen molar-refractivity contribution in [2.75, 3.05) is 0 Å². The summed E-state index contributed by atoms with van der Waals surface area (Å²) in [5.74, 6) is 0.659. The average molecular weight is 262 g/mol. The van der Waals surface area contributed by atoms with E-state index in [1.807, 2.05) is 13.8 Å². The average Bonchev–Trinajstić information content (AvgIpc) is 2.97. The first-order chi connectivity index (χ1) is 8.26. The van der Waals surface area contributed by atoms with Crippen LogP contribution in [0.3, 0.4) is 0 Å². The third kappa shape index (κ3) is 1.98. The molecule has 0 aromatic carbocycles. The molecule has 0 N–H and O–H groups in total. The summed E-state index contributed by atoms with van der Waals surface area (Å²) in [4.78, 5) is 0. The molecule has 2 heterocycles. The summed E-state index contributed by atoms with van der Waals surface area (Å²) in [7, 11) is 0. The molecule has 0 amide bonds. The third-order valence-corrected chi connectivity index (χ3v) is 3.35.